The largest absolute Gasteiger partial charge is 0.297 e. The number of rotatable bonds is 3. The zero-order chi connectivity index (χ0) is 17.5. The number of hydrogen-bond acceptors (Lipinski definition) is 3. The quantitative estimate of drug-likeness (QED) is 0.687. The van der Waals surface area contributed by atoms with Crippen LogP contribution in [0.2, 0.25) is 0 Å². The molecule has 1 atom stereocenters. The van der Waals surface area contributed by atoms with Crippen LogP contribution in [0.4, 0.5) is 0 Å². The van der Waals surface area contributed by atoms with Crippen LogP contribution < -0.4 is 0 Å². The summed E-state index contributed by atoms with van der Waals surface area (Å²) in [5.41, 5.74) is 3.04. The van der Waals surface area contributed by atoms with Gasteiger partial charge in [0.05, 0.1) is 11.0 Å². The van der Waals surface area contributed by atoms with Crippen LogP contribution in [0.25, 0.3) is 0 Å². The van der Waals surface area contributed by atoms with E-state index < -0.39 is 10.1 Å². The lowest BCUT2D eigenvalue weighted by Gasteiger charge is -2.39. The fraction of sp³-hybridized carbons (Fsp3) is 0.368. The number of aryl methyl sites for hydroxylation is 2. The molecule has 24 heavy (non-hydrogen) atoms. The Kier molecular flexibility index (Phi) is 4.62. The molecule has 1 unspecified atom stereocenters. The molecular weight excluding hydrogens is 388 g/mol. The van der Waals surface area contributed by atoms with Crippen molar-refractivity contribution in [3.8, 4) is 0 Å². The minimum Gasteiger partial charge on any atom is -0.262 e. The maximum Gasteiger partial charge on any atom is 0.297 e. The normalized spacial score (nSPS) is 19.8. The lowest BCUT2D eigenvalue weighted by atomic mass is 9.71. The van der Waals surface area contributed by atoms with Gasteiger partial charge in [0, 0.05) is 9.89 Å². The van der Waals surface area contributed by atoms with E-state index in [4.69, 9.17) is 4.18 Å². The van der Waals surface area contributed by atoms with Crippen LogP contribution in [-0.2, 0) is 26.1 Å². The van der Waals surface area contributed by atoms with E-state index in [1.807, 2.05) is 26.8 Å². The molecule has 0 fully saturated rings. The minimum absolute atomic E-state index is 0.212. The van der Waals surface area contributed by atoms with Gasteiger partial charge in [-0.1, -0.05) is 53.5 Å². The molecule has 0 amide bonds. The number of hydrogen-bond donors (Lipinski definition) is 0. The Morgan fingerprint density at radius 3 is 2.46 bits per heavy atom. The Hall–Kier alpha value is -1.17. The van der Waals surface area contributed by atoms with Gasteiger partial charge in [0.2, 0.25) is 0 Å². The van der Waals surface area contributed by atoms with Gasteiger partial charge in [-0.25, -0.2) is 0 Å². The van der Waals surface area contributed by atoms with Crippen LogP contribution in [0, 0.1) is 6.92 Å². The smallest absolute Gasteiger partial charge is 0.262 e. The first-order valence-corrected chi connectivity index (χ1v) is 10.2. The van der Waals surface area contributed by atoms with Crippen molar-refractivity contribution in [1.29, 1.82) is 0 Å². The van der Waals surface area contributed by atoms with E-state index in [0.29, 0.717) is 6.42 Å². The van der Waals surface area contributed by atoms with Crippen LogP contribution in [-0.4, -0.2) is 14.5 Å². The van der Waals surface area contributed by atoms with Gasteiger partial charge >= 0.3 is 0 Å². The van der Waals surface area contributed by atoms with Gasteiger partial charge in [-0.15, -0.1) is 0 Å². The van der Waals surface area contributed by atoms with Crippen molar-refractivity contribution >= 4 is 26.0 Å². The van der Waals surface area contributed by atoms with E-state index in [2.05, 4.69) is 28.1 Å². The molecular formula is C19H21BrO3S. The Balaban J connectivity index is 1.92. The van der Waals surface area contributed by atoms with Gasteiger partial charge in [-0.05, 0) is 55.2 Å². The first kappa shape index (κ1) is 17.6. The highest BCUT2D eigenvalue weighted by Crippen LogP contribution is 2.41. The third-order valence-electron chi connectivity index (χ3n) is 4.80. The molecule has 3 nitrogen and oxygen atoms in total. The first-order valence-electron chi connectivity index (χ1n) is 7.99. The standard InChI is InChI=1S/C19H21BrO3S/c1-13-4-9-16(10-5-13)24(21,22)23-18-11-7-14-6-8-15(20)12-17(14)19(18,2)3/h4-6,8-10,12,18H,7,11H2,1-3H3. The van der Waals surface area contributed by atoms with E-state index in [1.165, 1.54) is 5.56 Å². The van der Waals surface area contributed by atoms with E-state index >= 15 is 0 Å². The molecule has 0 aromatic heterocycles. The average molecular weight is 409 g/mol. The van der Waals surface area contributed by atoms with Crippen molar-refractivity contribution in [3.05, 3.63) is 63.6 Å². The summed E-state index contributed by atoms with van der Waals surface area (Å²) in [5, 5.41) is 0. The first-order chi connectivity index (χ1) is 11.2. The molecule has 128 valence electrons. The van der Waals surface area contributed by atoms with Crippen LogP contribution in [0.3, 0.4) is 0 Å². The molecule has 1 aliphatic carbocycles. The fourth-order valence-electron chi connectivity index (χ4n) is 3.27. The molecule has 3 rings (SSSR count). The molecule has 0 heterocycles. The molecule has 0 saturated carbocycles. The molecule has 0 N–H and O–H groups in total. The van der Waals surface area contributed by atoms with Gasteiger partial charge in [-0.3, -0.25) is 4.18 Å². The van der Waals surface area contributed by atoms with Crippen molar-refractivity contribution < 1.29 is 12.6 Å². The number of halogens is 1. The highest BCUT2D eigenvalue weighted by atomic mass is 79.9. The Bertz CT molecular complexity index is 855. The molecule has 0 aliphatic heterocycles. The van der Waals surface area contributed by atoms with Crippen LogP contribution in [0.5, 0.6) is 0 Å². The van der Waals surface area contributed by atoms with E-state index in [-0.39, 0.29) is 16.4 Å². The lowest BCUT2D eigenvalue weighted by Crippen LogP contribution is -2.41. The summed E-state index contributed by atoms with van der Waals surface area (Å²) in [7, 11) is -3.77. The molecule has 1 aliphatic rings. The van der Waals surface area contributed by atoms with E-state index in [9.17, 15) is 8.42 Å². The second-order valence-corrected chi connectivity index (χ2v) is 9.40. The second kappa shape index (κ2) is 6.28. The zero-order valence-corrected chi connectivity index (χ0v) is 16.4. The van der Waals surface area contributed by atoms with Gasteiger partial charge in [0.15, 0.2) is 0 Å². The van der Waals surface area contributed by atoms with Crippen LogP contribution in [0.1, 0.15) is 37.0 Å². The average Bonchev–Trinajstić information content (AvgIpc) is 2.51. The van der Waals surface area contributed by atoms with Crippen molar-refractivity contribution in [2.45, 2.75) is 50.0 Å². The van der Waals surface area contributed by atoms with E-state index in [1.54, 1.807) is 24.3 Å². The number of fused-ring (bicyclic) bond motifs is 1. The van der Waals surface area contributed by atoms with Crippen molar-refractivity contribution in [2.24, 2.45) is 0 Å². The maximum absolute atomic E-state index is 12.6. The van der Waals surface area contributed by atoms with Crippen LogP contribution >= 0.6 is 15.9 Å². The monoisotopic (exact) mass is 408 g/mol. The Morgan fingerprint density at radius 1 is 1.12 bits per heavy atom. The summed E-state index contributed by atoms with van der Waals surface area (Å²) in [6, 6.07) is 13.0. The van der Waals surface area contributed by atoms with Gasteiger partial charge in [0.25, 0.3) is 10.1 Å². The molecule has 0 radical (unpaired) electrons. The fourth-order valence-corrected chi connectivity index (χ4v) is 4.85. The summed E-state index contributed by atoms with van der Waals surface area (Å²) in [5.74, 6) is 0. The van der Waals surface area contributed by atoms with Crippen molar-refractivity contribution in [1.82, 2.24) is 0 Å². The third-order valence-corrected chi connectivity index (χ3v) is 6.63. The third kappa shape index (κ3) is 3.30. The second-order valence-electron chi connectivity index (χ2n) is 6.91. The zero-order valence-electron chi connectivity index (χ0n) is 14.0. The molecule has 5 heteroatoms. The van der Waals surface area contributed by atoms with E-state index in [0.717, 1.165) is 22.0 Å². The minimum atomic E-state index is -3.77. The summed E-state index contributed by atoms with van der Waals surface area (Å²) in [6.45, 7) is 6.02. The van der Waals surface area contributed by atoms with Gasteiger partial charge < -0.3 is 0 Å². The highest BCUT2D eigenvalue weighted by Gasteiger charge is 2.40. The predicted octanol–water partition coefficient (Wildman–Crippen LogP) is 4.76. The molecule has 0 bridgehead atoms. The SMILES string of the molecule is Cc1ccc(S(=O)(=O)OC2CCc3ccc(Br)cc3C2(C)C)cc1. The van der Waals surface area contributed by atoms with Gasteiger partial charge in [0.1, 0.15) is 0 Å². The predicted molar refractivity (Wildman–Crippen MR) is 98.7 cm³/mol. The van der Waals surface area contributed by atoms with Gasteiger partial charge in [-0.2, -0.15) is 8.42 Å². The summed E-state index contributed by atoms with van der Waals surface area (Å²) >= 11 is 3.51. The summed E-state index contributed by atoms with van der Waals surface area (Å²) < 4.78 is 32.0. The molecule has 2 aromatic carbocycles. The highest BCUT2D eigenvalue weighted by molar-refractivity contribution is 9.10. The Morgan fingerprint density at radius 2 is 1.79 bits per heavy atom. The summed E-state index contributed by atoms with van der Waals surface area (Å²) in [6.07, 6.45) is 1.12. The number of benzene rings is 2. The topological polar surface area (TPSA) is 43.4 Å². The summed E-state index contributed by atoms with van der Waals surface area (Å²) in [4.78, 5) is 0.212. The maximum atomic E-state index is 12.6. The van der Waals surface area contributed by atoms with Crippen molar-refractivity contribution in [3.63, 3.8) is 0 Å². The lowest BCUT2D eigenvalue weighted by molar-refractivity contribution is 0.114. The molecule has 0 spiro atoms. The van der Waals surface area contributed by atoms with Crippen molar-refractivity contribution in [2.75, 3.05) is 0 Å². The molecule has 0 saturated heterocycles. The van der Waals surface area contributed by atoms with Crippen LogP contribution in [0.15, 0.2) is 51.8 Å². The Labute approximate surface area is 152 Å². The molecule has 2 aromatic rings.